The van der Waals surface area contributed by atoms with Crippen LogP contribution in [0.15, 0.2) is 91.0 Å². The summed E-state index contributed by atoms with van der Waals surface area (Å²) in [5.74, 6) is -2.23. The van der Waals surface area contributed by atoms with Gasteiger partial charge in [-0.1, -0.05) is 61.0 Å². The number of nitrogens with one attached hydrogen (secondary N) is 1. The topological polar surface area (TPSA) is 156 Å². The molecular formula is C38H42N2O11. The zero-order valence-corrected chi connectivity index (χ0v) is 28.3. The molecule has 3 aromatic rings. The number of nitrogens with zero attached hydrogens (tertiary/aromatic N) is 1. The fourth-order valence-electron chi connectivity index (χ4n) is 5.85. The van der Waals surface area contributed by atoms with E-state index in [2.05, 4.69) is 5.32 Å². The Morgan fingerprint density at radius 3 is 1.80 bits per heavy atom. The lowest BCUT2D eigenvalue weighted by Crippen LogP contribution is -2.63. The Kier molecular flexibility index (Phi) is 13.5. The summed E-state index contributed by atoms with van der Waals surface area (Å²) in [5.41, 5.74) is 0.589. The summed E-state index contributed by atoms with van der Waals surface area (Å²) in [6, 6.07) is 24.4. The number of benzene rings is 3. The van der Waals surface area contributed by atoms with E-state index < -0.39 is 61.3 Å². The molecule has 0 radical (unpaired) electrons. The van der Waals surface area contributed by atoms with Gasteiger partial charge in [-0.05, 0) is 55.7 Å². The molecule has 13 heteroatoms. The summed E-state index contributed by atoms with van der Waals surface area (Å²) in [7, 11) is 1.31. The lowest BCUT2D eigenvalue weighted by molar-refractivity contribution is -0.291. The number of amides is 2. The van der Waals surface area contributed by atoms with Crippen molar-refractivity contribution in [2.45, 2.75) is 62.8 Å². The molecule has 13 nitrogen and oxygen atoms in total. The third-order valence-electron chi connectivity index (χ3n) is 8.51. The normalized spacial score (nSPS) is 21.9. The van der Waals surface area contributed by atoms with Crippen LogP contribution < -0.4 is 5.32 Å². The first kappa shape index (κ1) is 37.0. The van der Waals surface area contributed by atoms with Crippen LogP contribution in [0.3, 0.4) is 0 Å². The lowest BCUT2D eigenvalue weighted by atomic mass is 9.97. The van der Waals surface area contributed by atoms with E-state index in [0.717, 1.165) is 19.3 Å². The third kappa shape index (κ3) is 10.4. The van der Waals surface area contributed by atoms with Crippen LogP contribution in [0.1, 0.15) is 63.2 Å². The zero-order valence-electron chi connectivity index (χ0n) is 28.3. The van der Waals surface area contributed by atoms with Crippen LogP contribution in [0.2, 0.25) is 0 Å². The molecule has 3 aromatic carbocycles. The Morgan fingerprint density at radius 2 is 1.25 bits per heavy atom. The minimum absolute atomic E-state index is 0.114. The molecule has 51 heavy (non-hydrogen) atoms. The van der Waals surface area contributed by atoms with Gasteiger partial charge in [0.05, 0.1) is 16.7 Å². The van der Waals surface area contributed by atoms with Crippen molar-refractivity contribution in [2.75, 3.05) is 33.4 Å². The number of rotatable bonds is 13. The van der Waals surface area contributed by atoms with Crippen LogP contribution in [-0.2, 0) is 33.2 Å². The lowest BCUT2D eigenvalue weighted by Gasteiger charge is -2.43. The van der Waals surface area contributed by atoms with E-state index in [9.17, 15) is 24.0 Å². The van der Waals surface area contributed by atoms with Crippen LogP contribution >= 0.6 is 0 Å². The molecule has 2 saturated heterocycles. The average Bonchev–Trinajstić information content (AvgIpc) is 3.38. The standard InChI is InChI=1S/C38H42N2O11/c1-46-37-33(51-36(44)28-19-10-4-11-20-28)32(50-35(43)27-17-8-3-9-18-27)31(49-34(42)26-15-6-2-7-16-26)29(48-37)25-47-38(45)39-22-14-24-40-23-13-5-12-21-30(40)41/h2-4,6-11,15-20,29,31-33,37H,5,12-14,21-25H2,1H3,(H,39,45)/t29-,31-,32+,33-,37+/m1/s1. The van der Waals surface area contributed by atoms with Crippen molar-refractivity contribution in [3.05, 3.63) is 108 Å². The number of hydrogen-bond acceptors (Lipinski definition) is 11. The molecule has 270 valence electrons. The number of esters is 3. The molecule has 0 saturated carbocycles. The van der Waals surface area contributed by atoms with Gasteiger partial charge in [-0.3, -0.25) is 4.79 Å². The molecule has 2 heterocycles. The second-order valence-electron chi connectivity index (χ2n) is 12.1. The molecule has 2 amide bonds. The van der Waals surface area contributed by atoms with Crippen molar-refractivity contribution in [3.63, 3.8) is 0 Å². The van der Waals surface area contributed by atoms with Crippen molar-refractivity contribution in [1.29, 1.82) is 0 Å². The van der Waals surface area contributed by atoms with Gasteiger partial charge in [0.1, 0.15) is 12.7 Å². The van der Waals surface area contributed by atoms with Crippen molar-refractivity contribution < 1.29 is 52.4 Å². The quantitative estimate of drug-likeness (QED) is 0.151. The van der Waals surface area contributed by atoms with E-state index in [0.29, 0.717) is 25.9 Å². The second kappa shape index (κ2) is 18.6. The summed E-state index contributed by atoms with van der Waals surface area (Å²) in [6.45, 7) is 0.997. The maximum Gasteiger partial charge on any atom is 0.407 e. The predicted molar refractivity (Wildman–Crippen MR) is 182 cm³/mol. The molecule has 0 unspecified atom stereocenters. The fraction of sp³-hybridized carbons (Fsp3) is 0.395. The summed E-state index contributed by atoms with van der Waals surface area (Å²) in [5, 5.41) is 2.67. The fourth-order valence-corrected chi connectivity index (χ4v) is 5.85. The Labute approximate surface area is 296 Å². The zero-order chi connectivity index (χ0) is 36.0. The van der Waals surface area contributed by atoms with Crippen LogP contribution in [-0.4, -0.2) is 98.9 Å². The minimum atomic E-state index is -1.47. The van der Waals surface area contributed by atoms with Gasteiger partial charge in [0.15, 0.2) is 24.6 Å². The first-order valence-electron chi connectivity index (χ1n) is 17.0. The first-order valence-corrected chi connectivity index (χ1v) is 17.0. The Morgan fingerprint density at radius 1 is 0.725 bits per heavy atom. The molecule has 0 bridgehead atoms. The Balaban J connectivity index is 1.35. The van der Waals surface area contributed by atoms with E-state index in [1.807, 2.05) is 4.90 Å². The predicted octanol–water partition coefficient (Wildman–Crippen LogP) is 4.55. The molecule has 2 aliphatic heterocycles. The van der Waals surface area contributed by atoms with Crippen LogP contribution in [0.5, 0.6) is 0 Å². The third-order valence-corrected chi connectivity index (χ3v) is 8.51. The second-order valence-corrected chi connectivity index (χ2v) is 12.1. The average molecular weight is 703 g/mol. The van der Waals surface area contributed by atoms with E-state index >= 15 is 0 Å². The number of likely N-dealkylation sites (tertiary alicyclic amines) is 1. The molecule has 0 aromatic heterocycles. The highest BCUT2D eigenvalue weighted by Gasteiger charge is 2.53. The largest absolute Gasteiger partial charge is 0.452 e. The van der Waals surface area contributed by atoms with E-state index in [1.165, 1.54) is 7.11 Å². The summed E-state index contributed by atoms with van der Waals surface area (Å²) in [4.78, 5) is 67.1. The maximum absolute atomic E-state index is 13.5. The number of alkyl carbamates (subject to hydrolysis) is 1. The maximum atomic E-state index is 13.5. The van der Waals surface area contributed by atoms with Gasteiger partial charge in [0.2, 0.25) is 5.91 Å². The summed E-state index contributed by atoms with van der Waals surface area (Å²) in [6.07, 6.45) is -3.76. The highest BCUT2D eigenvalue weighted by molar-refractivity contribution is 5.91. The smallest absolute Gasteiger partial charge is 0.407 e. The van der Waals surface area contributed by atoms with Gasteiger partial charge in [0, 0.05) is 33.2 Å². The van der Waals surface area contributed by atoms with Crippen LogP contribution in [0.4, 0.5) is 4.79 Å². The highest BCUT2D eigenvalue weighted by Crippen LogP contribution is 2.31. The van der Waals surface area contributed by atoms with Gasteiger partial charge in [-0.2, -0.15) is 0 Å². The van der Waals surface area contributed by atoms with E-state index in [1.54, 1.807) is 91.0 Å². The minimum Gasteiger partial charge on any atom is -0.452 e. The summed E-state index contributed by atoms with van der Waals surface area (Å²) >= 11 is 0. The highest BCUT2D eigenvalue weighted by atomic mass is 16.7. The van der Waals surface area contributed by atoms with Crippen molar-refractivity contribution in [1.82, 2.24) is 10.2 Å². The number of hydrogen-bond donors (Lipinski definition) is 1. The number of methoxy groups -OCH3 is 1. The number of carbonyl (C=O) groups is 5. The van der Waals surface area contributed by atoms with Crippen LogP contribution in [0.25, 0.3) is 0 Å². The first-order chi connectivity index (χ1) is 24.8. The van der Waals surface area contributed by atoms with Gasteiger partial charge < -0.3 is 38.6 Å². The molecule has 5 rings (SSSR count). The van der Waals surface area contributed by atoms with Crippen LogP contribution in [0, 0.1) is 0 Å². The van der Waals surface area contributed by atoms with Crippen molar-refractivity contribution >= 4 is 29.9 Å². The van der Waals surface area contributed by atoms with Gasteiger partial charge in [-0.25, -0.2) is 19.2 Å². The molecule has 0 aliphatic carbocycles. The van der Waals surface area contributed by atoms with E-state index in [4.69, 9.17) is 28.4 Å². The molecule has 0 spiro atoms. The van der Waals surface area contributed by atoms with Gasteiger partial charge in [0.25, 0.3) is 0 Å². The Bertz CT molecular complexity index is 1610. The Hall–Kier alpha value is -5.27. The molecular weight excluding hydrogens is 660 g/mol. The monoisotopic (exact) mass is 702 g/mol. The van der Waals surface area contributed by atoms with Crippen molar-refractivity contribution in [3.8, 4) is 0 Å². The van der Waals surface area contributed by atoms with Gasteiger partial charge in [-0.15, -0.1) is 0 Å². The number of carbonyl (C=O) groups excluding carboxylic acids is 5. The SMILES string of the molecule is CO[C@H]1O[C@H](COC(=O)NCCCN2CCCCCC2=O)[C@@H](OC(=O)c2ccccc2)[C@H](OC(=O)c2ccccc2)[C@H]1OC(=O)c1ccccc1. The molecule has 2 aliphatic rings. The van der Waals surface area contributed by atoms with E-state index in [-0.39, 0.29) is 29.1 Å². The van der Waals surface area contributed by atoms with Gasteiger partial charge >= 0.3 is 24.0 Å². The molecule has 1 N–H and O–H groups in total. The summed E-state index contributed by atoms with van der Waals surface area (Å²) < 4.78 is 34.9. The molecule has 5 atom stereocenters. The number of ether oxygens (including phenoxy) is 6. The van der Waals surface area contributed by atoms with Crippen molar-refractivity contribution in [2.24, 2.45) is 0 Å². The molecule has 2 fully saturated rings.